The number of amides is 2. The van der Waals surface area contributed by atoms with Crippen LogP contribution in [-0.4, -0.2) is 62.3 Å². The molecule has 5 rings (SSSR count). The van der Waals surface area contributed by atoms with E-state index in [1.165, 1.54) is 10.1 Å². The zero-order valence-electron chi connectivity index (χ0n) is 20.5. The number of aromatic amines is 1. The van der Waals surface area contributed by atoms with Crippen molar-refractivity contribution < 1.29 is 9.59 Å². The minimum absolute atomic E-state index is 0.104. The first-order valence-electron chi connectivity index (χ1n) is 12.7. The second-order valence-electron chi connectivity index (χ2n) is 9.58. The van der Waals surface area contributed by atoms with Gasteiger partial charge in [-0.2, -0.15) is 0 Å². The van der Waals surface area contributed by atoms with Crippen LogP contribution in [0, 0.1) is 0 Å². The Hall–Kier alpha value is -3.75. The molecular weight excluding hydrogens is 458 g/mol. The third kappa shape index (κ3) is 4.82. The largest absolute Gasteiger partial charge is 0.339 e. The monoisotopic (exact) mass is 489 g/mol. The molecule has 9 nitrogen and oxygen atoms in total. The summed E-state index contributed by atoms with van der Waals surface area (Å²) in [5.41, 5.74) is 1.42. The minimum Gasteiger partial charge on any atom is -0.339 e. The molecule has 0 radical (unpaired) electrons. The molecule has 9 heteroatoms. The Bertz CT molecular complexity index is 1400. The SMILES string of the molecule is CCn1c(=O)[nH]c(=O)c2c(C(=O)N3CCN(C(=O)CCCc4ccccc4)CC3)cc(C3CC3)nc21. The van der Waals surface area contributed by atoms with Crippen LogP contribution in [0.1, 0.15) is 60.1 Å². The lowest BCUT2D eigenvalue weighted by molar-refractivity contribution is -0.132. The molecule has 1 aliphatic carbocycles. The van der Waals surface area contributed by atoms with Gasteiger partial charge in [0.2, 0.25) is 5.91 Å². The molecule has 1 aromatic carbocycles. The van der Waals surface area contributed by atoms with Crippen LogP contribution in [0.4, 0.5) is 0 Å². The fourth-order valence-corrected chi connectivity index (χ4v) is 4.92. The van der Waals surface area contributed by atoms with Crippen molar-refractivity contribution in [1.29, 1.82) is 0 Å². The van der Waals surface area contributed by atoms with E-state index in [2.05, 4.69) is 22.1 Å². The maximum absolute atomic E-state index is 13.6. The standard InChI is InChI=1S/C27H31N5O4/c1-2-32-24-23(25(34)29-27(32)36)20(17-21(28-24)19-11-12-19)26(35)31-15-13-30(14-16-31)22(33)10-6-9-18-7-4-3-5-8-18/h3-5,7-8,17,19H,2,6,9-16H2,1H3,(H,29,34,36). The molecular formula is C27H31N5O4. The number of carbonyl (C=O) groups excluding carboxylic acids is 2. The summed E-state index contributed by atoms with van der Waals surface area (Å²) >= 11 is 0. The Labute approximate surface area is 208 Å². The second kappa shape index (κ2) is 10.1. The normalized spacial score (nSPS) is 15.9. The van der Waals surface area contributed by atoms with Crippen molar-refractivity contribution in [1.82, 2.24) is 24.3 Å². The summed E-state index contributed by atoms with van der Waals surface area (Å²) in [4.78, 5) is 61.9. The highest BCUT2D eigenvalue weighted by molar-refractivity contribution is 6.05. The van der Waals surface area contributed by atoms with Crippen LogP contribution in [0.2, 0.25) is 0 Å². The summed E-state index contributed by atoms with van der Waals surface area (Å²) in [6.07, 6.45) is 4.09. The maximum Gasteiger partial charge on any atom is 0.329 e. The molecule has 3 aromatic rings. The molecule has 1 N–H and O–H groups in total. The smallest absolute Gasteiger partial charge is 0.329 e. The van der Waals surface area contributed by atoms with E-state index in [1.807, 2.05) is 30.0 Å². The van der Waals surface area contributed by atoms with Crippen molar-refractivity contribution in [3.63, 3.8) is 0 Å². The van der Waals surface area contributed by atoms with E-state index in [1.54, 1.807) is 11.0 Å². The number of fused-ring (bicyclic) bond motifs is 1. The number of aryl methyl sites for hydroxylation is 2. The van der Waals surface area contributed by atoms with Gasteiger partial charge in [-0.1, -0.05) is 30.3 Å². The lowest BCUT2D eigenvalue weighted by Crippen LogP contribution is -2.50. The summed E-state index contributed by atoms with van der Waals surface area (Å²) in [6, 6.07) is 11.8. The second-order valence-corrected chi connectivity index (χ2v) is 9.58. The van der Waals surface area contributed by atoms with Gasteiger partial charge in [-0.15, -0.1) is 0 Å². The highest BCUT2D eigenvalue weighted by Crippen LogP contribution is 2.40. The van der Waals surface area contributed by atoms with Gasteiger partial charge in [-0.3, -0.25) is 23.9 Å². The zero-order chi connectivity index (χ0) is 25.2. The van der Waals surface area contributed by atoms with Crippen molar-refractivity contribution >= 4 is 22.8 Å². The first kappa shape index (κ1) is 24.0. The van der Waals surface area contributed by atoms with Crippen LogP contribution in [0.25, 0.3) is 11.0 Å². The maximum atomic E-state index is 13.6. The van der Waals surface area contributed by atoms with Crippen molar-refractivity contribution in [2.45, 2.75) is 51.5 Å². The van der Waals surface area contributed by atoms with Crippen LogP contribution >= 0.6 is 0 Å². The van der Waals surface area contributed by atoms with Gasteiger partial charge in [0.15, 0.2) is 5.65 Å². The molecule has 1 saturated heterocycles. The van der Waals surface area contributed by atoms with E-state index in [9.17, 15) is 19.2 Å². The molecule has 36 heavy (non-hydrogen) atoms. The molecule has 188 valence electrons. The third-order valence-electron chi connectivity index (χ3n) is 7.13. The van der Waals surface area contributed by atoms with Crippen molar-refractivity contribution in [2.75, 3.05) is 26.2 Å². The number of pyridine rings is 1. The number of nitrogens with zero attached hydrogens (tertiary/aromatic N) is 4. The molecule has 2 aromatic heterocycles. The van der Waals surface area contributed by atoms with Crippen LogP contribution in [0.5, 0.6) is 0 Å². The summed E-state index contributed by atoms with van der Waals surface area (Å²) in [5.74, 6) is 0.102. The van der Waals surface area contributed by atoms with Gasteiger partial charge in [-0.05, 0) is 44.2 Å². The van der Waals surface area contributed by atoms with Gasteiger partial charge in [0.25, 0.3) is 11.5 Å². The van der Waals surface area contributed by atoms with Crippen LogP contribution in [0.15, 0.2) is 46.0 Å². The van der Waals surface area contributed by atoms with Crippen molar-refractivity contribution in [3.8, 4) is 0 Å². The molecule has 2 aliphatic rings. The van der Waals surface area contributed by atoms with E-state index in [0.717, 1.165) is 31.4 Å². The average Bonchev–Trinajstić information content (AvgIpc) is 3.74. The van der Waals surface area contributed by atoms with Gasteiger partial charge >= 0.3 is 5.69 Å². The zero-order valence-corrected chi connectivity index (χ0v) is 20.5. The van der Waals surface area contributed by atoms with E-state index in [4.69, 9.17) is 0 Å². The number of aromatic nitrogens is 3. The Morgan fingerprint density at radius 1 is 1.03 bits per heavy atom. The Morgan fingerprint density at radius 3 is 2.39 bits per heavy atom. The van der Waals surface area contributed by atoms with Crippen LogP contribution in [-0.2, 0) is 17.8 Å². The first-order valence-corrected chi connectivity index (χ1v) is 12.7. The Morgan fingerprint density at radius 2 is 1.72 bits per heavy atom. The van der Waals surface area contributed by atoms with Gasteiger partial charge in [0.1, 0.15) is 0 Å². The number of H-pyrrole nitrogens is 1. The average molecular weight is 490 g/mol. The highest BCUT2D eigenvalue weighted by Gasteiger charge is 2.31. The number of nitrogens with one attached hydrogen (secondary N) is 1. The number of hydrogen-bond acceptors (Lipinski definition) is 5. The van der Waals surface area contributed by atoms with Crippen LogP contribution < -0.4 is 11.2 Å². The van der Waals surface area contributed by atoms with Crippen molar-refractivity contribution in [3.05, 3.63) is 74.1 Å². The van der Waals surface area contributed by atoms with Gasteiger partial charge in [0.05, 0.1) is 10.9 Å². The summed E-state index contributed by atoms with van der Waals surface area (Å²) < 4.78 is 1.41. The minimum atomic E-state index is -0.592. The molecule has 2 fully saturated rings. The van der Waals surface area contributed by atoms with Crippen LogP contribution in [0.3, 0.4) is 0 Å². The van der Waals surface area contributed by atoms with E-state index in [-0.39, 0.29) is 34.3 Å². The first-order chi connectivity index (χ1) is 17.5. The number of hydrogen-bond donors (Lipinski definition) is 1. The Balaban J connectivity index is 1.30. The quantitative estimate of drug-likeness (QED) is 0.548. The van der Waals surface area contributed by atoms with Gasteiger partial charge < -0.3 is 9.80 Å². The molecule has 0 spiro atoms. The number of benzene rings is 1. The fourth-order valence-electron chi connectivity index (χ4n) is 4.92. The summed E-state index contributed by atoms with van der Waals surface area (Å²) in [7, 11) is 0. The Kier molecular flexibility index (Phi) is 6.71. The molecule has 0 atom stereocenters. The number of piperazine rings is 1. The number of rotatable bonds is 7. The molecule has 1 saturated carbocycles. The van der Waals surface area contributed by atoms with E-state index >= 15 is 0 Å². The molecule has 1 aliphatic heterocycles. The predicted octanol–water partition coefficient (Wildman–Crippen LogP) is 2.29. The third-order valence-corrected chi connectivity index (χ3v) is 7.13. The van der Waals surface area contributed by atoms with E-state index in [0.29, 0.717) is 39.1 Å². The molecule has 0 bridgehead atoms. The van der Waals surface area contributed by atoms with E-state index < -0.39 is 11.2 Å². The van der Waals surface area contributed by atoms with Gasteiger partial charge in [0, 0.05) is 50.8 Å². The molecule has 3 heterocycles. The molecule has 0 unspecified atom stereocenters. The van der Waals surface area contributed by atoms with Crippen molar-refractivity contribution in [2.24, 2.45) is 0 Å². The highest BCUT2D eigenvalue weighted by atomic mass is 16.2. The summed E-state index contributed by atoms with van der Waals surface area (Å²) in [6.45, 7) is 3.87. The lowest BCUT2D eigenvalue weighted by atomic mass is 10.1. The predicted molar refractivity (Wildman–Crippen MR) is 136 cm³/mol. The van der Waals surface area contributed by atoms with Gasteiger partial charge in [-0.25, -0.2) is 9.78 Å². The lowest BCUT2D eigenvalue weighted by Gasteiger charge is -2.35. The fraction of sp³-hybridized carbons (Fsp3) is 0.444. The number of carbonyl (C=O) groups is 2. The topological polar surface area (TPSA) is 108 Å². The summed E-state index contributed by atoms with van der Waals surface area (Å²) in [5, 5.41) is 0.158. The molecule has 2 amide bonds.